The standard InChI is InChI=1S/C26H32F3NO3/c1-3-5-7-15-30(16-8-6-4-2)25(32)23-17-21(18-31)11-14-24(23)33-19-20-9-12-22(13-10-20)26(27,28)29/h9-14,17-18H,3-8,15-16,19H2,1-2H3. The molecule has 0 N–H and O–H groups in total. The van der Waals surface area contributed by atoms with E-state index in [4.69, 9.17) is 4.74 Å². The Bertz CT molecular complexity index is 885. The summed E-state index contributed by atoms with van der Waals surface area (Å²) in [6.45, 7) is 5.46. The lowest BCUT2D eigenvalue weighted by atomic mass is 10.1. The van der Waals surface area contributed by atoms with Crippen LogP contribution in [-0.4, -0.2) is 30.2 Å². The van der Waals surface area contributed by atoms with Gasteiger partial charge in [-0.15, -0.1) is 0 Å². The SMILES string of the molecule is CCCCCN(CCCCC)C(=O)c1cc(C=O)ccc1OCc1ccc(C(F)(F)F)cc1. The van der Waals surface area contributed by atoms with Gasteiger partial charge >= 0.3 is 6.18 Å². The Morgan fingerprint density at radius 1 is 0.939 bits per heavy atom. The second-order valence-electron chi connectivity index (χ2n) is 8.06. The van der Waals surface area contributed by atoms with Crippen LogP contribution < -0.4 is 4.74 Å². The Kier molecular flexibility index (Phi) is 10.4. The average Bonchev–Trinajstić information content (AvgIpc) is 2.81. The molecule has 0 aromatic heterocycles. The molecule has 0 unspecified atom stereocenters. The molecule has 0 bridgehead atoms. The van der Waals surface area contributed by atoms with Crippen molar-refractivity contribution in [2.75, 3.05) is 13.1 Å². The fourth-order valence-electron chi connectivity index (χ4n) is 3.46. The van der Waals surface area contributed by atoms with Crippen molar-refractivity contribution in [3.63, 3.8) is 0 Å². The van der Waals surface area contributed by atoms with Crippen LogP contribution in [0.1, 0.15) is 84.2 Å². The van der Waals surface area contributed by atoms with Crippen LogP contribution in [0.3, 0.4) is 0 Å². The summed E-state index contributed by atoms with van der Waals surface area (Å²) < 4.78 is 44.2. The maximum atomic E-state index is 13.4. The molecule has 0 spiro atoms. The third kappa shape index (κ3) is 8.22. The number of carbonyl (C=O) groups is 2. The molecule has 0 aliphatic carbocycles. The van der Waals surface area contributed by atoms with Crippen molar-refractivity contribution >= 4 is 12.2 Å². The van der Waals surface area contributed by atoms with Crippen molar-refractivity contribution in [1.29, 1.82) is 0 Å². The van der Waals surface area contributed by atoms with Crippen LogP contribution in [0.4, 0.5) is 13.2 Å². The quantitative estimate of drug-likeness (QED) is 0.239. The lowest BCUT2D eigenvalue weighted by Gasteiger charge is -2.24. The molecule has 0 heterocycles. The number of aldehydes is 1. The molecule has 0 saturated carbocycles. The van der Waals surface area contributed by atoms with Gasteiger partial charge in [0.05, 0.1) is 11.1 Å². The van der Waals surface area contributed by atoms with Gasteiger partial charge in [-0.2, -0.15) is 13.2 Å². The second-order valence-corrected chi connectivity index (χ2v) is 8.06. The third-order valence-electron chi connectivity index (χ3n) is 5.40. The Labute approximate surface area is 193 Å². The van der Waals surface area contributed by atoms with Crippen molar-refractivity contribution in [3.05, 3.63) is 64.7 Å². The van der Waals surface area contributed by atoms with Crippen LogP contribution in [0, 0.1) is 0 Å². The Hall–Kier alpha value is -2.83. The number of hydrogen-bond acceptors (Lipinski definition) is 3. The van der Waals surface area contributed by atoms with Gasteiger partial charge in [0.2, 0.25) is 0 Å². The van der Waals surface area contributed by atoms with Gasteiger partial charge in [-0.05, 0) is 48.7 Å². The molecule has 180 valence electrons. The van der Waals surface area contributed by atoms with Gasteiger partial charge in [-0.1, -0.05) is 51.7 Å². The van der Waals surface area contributed by atoms with E-state index in [0.29, 0.717) is 41.8 Å². The highest BCUT2D eigenvalue weighted by Crippen LogP contribution is 2.29. The largest absolute Gasteiger partial charge is 0.488 e. The van der Waals surface area contributed by atoms with E-state index < -0.39 is 11.7 Å². The maximum Gasteiger partial charge on any atom is 0.416 e. The van der Waals surface area contributed by atoms with Crippen molar-refractivity contribution in [3.8, 4) is 5.75 Å². The number of unbranched alkanes of at least 4 members (excludes halogenated alkanes) is 4. The minimum Gasteiger partial charge on any atom is -0.488 e. The van der Waals surface area contributed by atoms with Gasteiger partial charge < -0.3 is 9.64 Å². The molecule has 0 radical (unpaired) electrons. The third-order valence-corrected chi connectivity index (χ3v) is 5.40. The number of halogens is 3. The summed E-state index contributed by atoms with van der Waals surface area (Å²) in [6, 6.07) is 9.36. The smallest absolute Gasteiger partial charge is 0.416 e. The number of benzene rings is 2. The molecule has 0 aliphatic rings. The summed E-state index contributed by atoms with van der Waals surface area (Å²) in [5, 5.41) is 0. The second kappa shape index (κ2) is 13.0. The van der Waals surface area contributed by atoms with Crippen molar-refractivity contribution in [2.45, 2.75) is 65.2 Å². The number of rotatable bonds is 13. The van der Waals surface area contributed by atoms with Crippen LogP contribution in [0.5, 0.6) is 5.75 Å². The molecule has 2 aromatic carbocycles. The highest BCUT2D eigenvalue weighted by atomic mass is 19.4. The zero-order valence-corrected chi connectivity index (χ0v) is 19.3. The fourth-order valence-corrected chi connectivity index (χ4v) is 3.46. The van der Waals surface area contributed by atoms with E-state index in [1.165, 1.54) is 18.2 Å². The predicted octanol–water partition coefficient (Wildman–Crippen LogP) is 6.92. The first kappa shape index (κ1) is 26.4. The summed E-state index contributed by atoms with van der Waals surface area (Å²) in [5.74, 6) is 0.106. The van der Waals surface area contributed by atoms with Crippen LogP contribution in [0.25, 0.3) is 0 Å². The highest BCUT2D eigenvalue weighted by molar-refractivity contribution is 5.98. The summed E-state index contributed by atoms with van der Waals surface area (Å²) in [5.41, 5.74) is 0.470. The molecule has 7 heteroatoms. The number of nitrogens with zero attached hydrogens (tertiary/aromatic N) is 1. The number of hydrogen-bond donors (Lipinski definition) is 0. The minimum atomic E-state index is -4.40. The number of carbonyl (C=O) groups excluding carboxylic acids is 2. The van der Waals surface area contributed by atoms with Gasteiger partial charge in [0.1, 0.15) is 18.6 Å². The zero-order valence-electron chi connectivity index (χ0n) is 19.3. The van der Waals surface area contributed by atoms with Gasteiger partial charge in [0.15, 0.2) is 0 Å². The van der Waals surface area contributed by atoms with Gasteiger partial charge in [-0.3, -0.25) is 9.59 Å². The Morgan fingerprint density at radius 3 is 2.06 bits per heavy atom. The van der Waals surface area contributed by atoms with E-state index in [1.54, 1.807) is 17.0 Å². The summed E-state index contributed by atoms with van der Waals surface area (Å²) in [6.07, 6.45) is 2.18. The minimum absolute atomic E-state index is 0.00449. The van der Waals surface area contributed by atoms with E-state index in [-0.39, 0.29) is 12.5 Å². The summed E-state index contributed by atoms with van der Waals surface area (Å²) in [7, 11) is 0. The Morgan fingerprint density at radius 2 is 1.55 bits per heavy atom. The number of amides is 1. The van der Waals surface area contributed by atoms with Gasteiger partial charge in [-0.25, -0.2) is 0 Å². The average molecular weight is 464 g/mol. The fraction of sp³-hybridized carbons (Fsp3) is 0.462. The summed E-state index contributed by atoms with van der Waals surface area (Å²) in [4.78, 5) is 26.5. The number of ether oxygens (including phenoxy) is 1. The lowest BCUT2D eigenvalue weighted by Crippen LogP contribution is -2.33. The van der Waals surface area contributed by atoms with Gasteiger partial charge in [0, 0.05) is 18.7 Å². The van der Waals surface area contributed by atoms with E-state index in [0.717, 1.165) is 50.7 Å². The van der Waals surface area contributed by atoms with Crippen LogP contribution >= 0.6 is 0 Å². The molecule has 4 nitrogen and oxygen atoms in total. The highest BCUT2D eigenvalue weighted by Gasteiger charge is 2.30. The van der Waals surface area contributed by atoms with Crippen molar-refractivity contribution in [2.24, 2.45) is 0 Å². The van der Waals surface area contributed by atoms with Crippen molar-refractivity contribution in [1.82, 2.24) is 4.90 Å². The Balaban J connectivity index is 2.21. The molecule has 1 amide bonds. The molecular weight excluding hydrogens is 431 g/mol. The van der Waals surface area contributed by atoms with Crippen LogP contribution in [0.15, 0.2) is 42.5 Å². The molecule has 0 atom stereocenters. The van der Waals surface area contributed by atoms with E-state index in [1.807, 2.05) is 0 Å². The monoisotopic (exact) mass is 463 g/mol. The van der Waals surface area contributed by atoms with Crippen LogP contribution in [0.2, 0.25) is 0 Å². The molecule has 0 fully saturated rings. The van der Waals surface area contributed by atoms with Crippen molar-refractivity contribution < 1.29 is 27.5 Å². The molecular formula is C26H32F3NO3. The first-order valence-electron chi connectivity index (χ1n) is 11.5. The molecule has 2 rings (SSSR count). The topological polar surface area (TPSA) is 46.6 Å². The first-order chi connectivity index (χ1) is 15.8. The van der Waals surface area contributed by atoms with Gasteiger partial charge in [0.25, 0.3) is 5.91 Å². The van der Waals surface area contributed by atoms with E-state index in [9.17, 15) is 22.8 Å². The number of alkyl halides is 3. The summed E-state index contributed by atoms with van der Waals surface area (Å²) >= 11 is 0. The maximum absolute atomic E-state index is 13.4. The zero-order chi connectivity index (χ0) is 24.3. The molecule has 2 aromatic rings. The van der Waals surface area contributed by atoms with E-state index in [2.05, 4.69) is 13.8 Å². The molecule has 0 saturated heterocycles. The first-order valence-corrected chi connectivity index (χ1v) is 11.5. The lowest BCUT2D eigenvalue weighted by molar-refractivity contribution is -0.137. The predicted molar refractivity (Wildman–Crippen MR) is 123 cm³/mol. The normalized spacial score (nSPS) is 11.3. The molecule has 0 aliphatic heterocycles. The van der Waals surface area contributed by atoms with Crippen LogP contribution in [-0.2, 0) is 12.8 Å². The van der Waals surface area contributed by atoms with E-state index >= 15 is 0 Å². The molecule has 33 heavy (non-hydrogen) atoms.